The normalized spacial score (nSPS) is 31.2. The molecule has 0 aromatic carbocycles. The van der Waals surface area contributed by atoms with Gasteiger partial charge >= 0.3 is 8.25 Å². The number of nitrogens with two attached hydrogens (primary N) is 1. The Morgan fingerprint density at radius 1 is 1.67 bits per heavy atom. The molecule has 0 spiro atoms. The topological polar surface area (TPSA) is 61.5 Å². The summed E-state index contributed by atoms with van der Waals surface area (Å²) in [5.74, 6) is 0. The Kier molecular flexibility index (Phi) is 5.83. The fourth-order valence-corrected chi connectivity index (χ4v) is 1.08. The van der Waals surface area contributed by atoms with E-state index in [1.54, 1.807) is 0 Å². The van der Waals surface area contributed by atoms with Gasteiger partial charge in [0.2, 0.25) is 0 Å². The maximum Gasteiger partial charge on any atom is 0.699 e. The third-order valence-corrected chi connectivity index (χ3v) is 1.66. The Hall–Kier alpha value is 1.36. The molecule has 1 aliphatic heterocycles. The average molecular weight is 276 g/mol. The third kappa shape index (κ3) is 3.93. The molecule has 0 aromatic heterocycles. The molecular weight excluding hydrogens is 269 g/mol. The predicted octanol–water partition coefficient (Wildman–Crippen LogP) is 0.365. The molecule has 0 saturated carbocycles. The molecule has 2 atom stereocenters. The summed E-state index contributed by atoms with van der Waals surface area (Å²) in [6.07, 6.45) is 0.230. The third-order valence-electron chi connectivity index (χ3n) is 0.821. The van der Waals surface area contributed by atoms with Crippen molar-refractivity contribution < 1.29 is 55.4 Å². The molecule has 4 nitrogen and oxygen atoms in total. The van der Waals surface area contributed by atoms with E-state index in [-0.39, 0.29) is 41.7 Å². The molecule has 1 aliphatic rings. The predicted molar refractivity (Wildman–Crippen MR) is 27.2 cm³/mol. The Morgan fingerprint density at radius 3 is 2.67 bits per heavy atom. The number of hydrogen-bond acceptors (Lipinski definition) is 4. The van der Waals surface area contributed by atoms with E-state index in [2.05, 4.69) is 9.05 Å². The van der Waals surface area contributed by atoms with Crippen molar-refractivity contribution in [3.8, 4) is 0 Å². The van der Waals surface area contributed by atoms with Crippen molar-refractivity contribution in [1.29, 1.82) is 0 Å². The van der Waals surface area contributed by atoms with Gasteiger partial charge < -0.3 is 5.73 Å². The summed E-state index contributed by atoms with van der Waals surface area (Å²) in [4.78, 5) is 0. The van der Waals surface area contributed by atoms with E-state index in [1.165, 1.54) is 0 Å². The van der Waals surface area contributed by atoms with Crippen molar-refractivity contribution in [1.82, 2.24) is 0 Å². The van der Waals surface area contributed by atoms with Crippen LogP contribution in [0.1, 0.15) is 6.42 Å². The van der Waals surface area contributed by atoms with Gasteiger partial charge in [-0.05, 0) is 0 Å². The van der Waals surface area contributed by atoms with Crippen molar-refractivity contribution in [2.75, 3.05) is 6.61 Å². The summed E-state index contributed by atoms with van der Waals surface area (Å²) < 4.78 is 19.4. The van der Waals surface area contributed by atoms with Gasteiger partial charge in [0.15, 0.2) is 6.23 Å². The second kappa shape index (κ2) is 5.07. The van der Waals surface area contributed by atoms with Crippen LogP contribution in [0.25, 0.3) is 0 Å². The van der Waals surface area contributed by atoms with Gasteiger partial charge in [-0.15, -0.1) is 9.05 Å². The summed E-state index contributed by atoms with van der Waals surface area (Å²) in [5.41, 5.74) is 5.24. The molecule has 0 aliphatic carbocycles. The minimum Gasteiger partial charge on any atom is -0.302 e. The molecule has 1 saturated heterocycles. The van der Waals surface area contributed by atoms with Crippen LogP contribution in [0.15, 0.2) is 0 Å². The van der Waals surface area contributed by atoms with Gasteiger partial charge in [0, 0.05) is 52.7 Å². The summed E-state index contributed by atoms with van der Waals surface area (Å²) >= 11 is 0. The van der Waals surface area contributed by atoms with Crippen LogP contribution in [0.3, 0.4) is 0 Å². The molecule has 1 heterocycles. The van der Waals surface area contributed by atoms with Gasteiger partial charge in [0.05, 0.1) is 0 Å². The monoisotopic (exact) mass is 276 g/mol. The van der Waals surface area contributed by atoms with Gasteiger partial charge in [0.25, 0.3) is 0 Å². The van der Waals surface area contributed by atoms with E-state index < -0.39 is 14.5 Å². The summed E-state index contributed by atoms with van der Waals surface area (Å²) in [6.45, 7) is 0.441. The standard InChI is InChI=1S/C3H7NO3P.Ce/c4-3-1-2-6-8(5)7-3;/h3H,1-2,4H2;/q+1;. The summed E-state index contributed by atoms with van der Waals surface area (Å²) in [5, 5.41) is 0. The maximum atomic E-state index is 10.3. The fourth-order valence-electron chi connectivity index (χ4n) is 0.437. The van der Waals surface area contributed by atoms with Gasteiger partial charge in [-0.25, -0.2) is 0 Å². The first kappa shape index (κ1) is 10.4. The molecular formula is C3H7CeNO3P+. The number of hydrogen-bond donors (Lipinski definition) is 1. The van der Waals surface area contributed by atoms with Crippen molar-refractivity contribution >= 4 is 8.25 Å². The summed E-state index contributed by atoms with van der Waals surface area (Å²) in [7, 11) is -1.91. The van der Waals surface area contributed by atoms with Crippen molar-refractivity contribution in [2.24, 2.45) is 5.73 Å². The minimum absolute atomic E-state index is 0. The van der Waals surface area contributed by atoms with E-state index in [1.807, 2.05) is 0 Å². The second-order valence-electron chi connectivity index (χ2n) is 1.49. The molecule has 1 rings (SSSR count). The van der Waals surface area contributed by atoms with E-state index >= 15 is 0 Å². The minimum atomic E-state index is -1.91. The van der Waals surface area contributed by atoms with Crippen LogP contribution >= 0.6 is 8.25 Å². The molecule has 0 amide bonds. The van der Waals surface area contributed by atoms with Crippen molar-refractivity contribution in [2.45, 2.75) is 12.6 Å². The van der Waals surface area contributed by atoms with Crippen LogP contribution < -0.4 is 5.73 Å². The smallest absolute Gasteiger partial charge is 0.302 e. The molecule has 6 heteroatoms. The molecule has 2 unspecified atom stereocenters. The van der Waals surface area contributed by atoms with Crippen LogP contribution in [-0.4, -0.2) is 12.8 Å². The Bertz CT molecular complexity index is 111. The second-order valence-corrected chi connectivity index (χ2v) is 2.41. The van der Waals surface area contributed by atoms with Crippen LogP contribution in [-0.2, 0) is 13.6 Å². The molecule has 0 radical (unpaired) electrons. The van der Waals surface area contributed by atoms with Gasteiger partial charge in [0.1, 0.15) is 6.61 Å². The number of rotatable bonds is 0. The first-order valence-electron chi connectivity index (χ1n) is 2.31. The first-order chi connectivity index (χ1) is 3.79. The SMILES string of the molecule is NC1CCO[P+](=O)O1.[Ce]. The van der Waals surface area contributed by atoms with Crippen LogP contribution in [0, 0.1) is 41.7 Å². The molecule has 1 fully saturated rings. The van der Waals surface area contributed by atoms with Gasteiger partial charge in [-0.2, -0.15) is 0 Å². The van der Waals surface area contributed by atoms with E-state index in [0.29, 0.717) is 13.0 Å². The quantitative estimate of drug-likeness (QED) is 0.649. The van der Waals surface area contributed by atoms with E-state index in [0.717, 1.165) is 0 Å². The zero-order valence-corrected chi connectivity index (χ0v) is 8.78. The van der Waals surface area contributed by atoms with Crippen LogP contribution in [0.5, 0.6) is 0 Å². The Labute approximate surface area is 87.8 Å². The fraction of sp³-hybridized carbons (Fsp3) is 1.00. The van der Waals surface area contributed by atoms with Crippen LogP contribution in [0.2, 0.25) is 0 Å². The molecule has 2 N–H and O–H groups in total. The maximum absolute atomic E-state index is 10.3. The van der Waals surface area contributed by atoms with E-state index in [4.69, 9.17) is 5.73 Å². The Balaban J connectivity index is 0.000000640. The summed E-state index contributed by atoms with van der Waals surface area (Å²) in [6, 6.07) is 0. The van der Waals surface area contributed by atoms with Crippen molar-refractivity contribution in [3.63, 3.8) is 0 Å². The zero-order chi connectivity index (χ0) is 5.98. The Morgan fingerprint density at radius 2 is 2.33 bits per heavy atom. The molecule has 0 aromatic rings. The van der Waals surface area contributed by atoms with Crippen molar-refractivity contribution in [3.05, 3.63) is 0 Å². The average Bonchev–Trinajstić information content (AvgIpc) is 1.64. The van der Waals surface area contributed by atoms with Gasteiger partial charge in [-0.1, -0.05) is 0 Å². The van der Waals surface area contributed by atoms with Crippen LogP contribution in [0.4, 0.5) is 0 Å². The van der Waals surface area contributed by atoms with Gasteiger partial charge in [-0.3, -0.25) is 0 Å². The molecule has 0 bridgehead atoms. The molecule has 50 valence electrons. The zero-order valence-electron chi connectivity index (χ0n) is 4.74. The molecule has 9 heavy (non-hydrogen) atoms. The van der Waals surface area contributed by atoms with E-state index in [9.17, 15) is 4.57 Å². The first-order valence-corrected chi connectivity index (χ1v) is 3.41. The largest absolute Gasteiger partial charge is 0.699 e.